The maximum Gasteiger partial charge on any atom is 0.573 e. The molecule has 0 atom stereocenters. The van der Waals surface area contributed by atoms with Crippen LogP contribution in [0.4, 0.5) is 13.2 Å². The van der Waals surface area contributed by atoms with E-state index in [-0.39, 0.29) is 11.3 Å². The molecule has 1 aromatic heterocycles. The molecule has 0 saturated carbocycles. The number of aromatic nitrogens is 1. The monoisotopic (exact) mass is 273 g/mol. The smallest absolute Gasteiger partial charge is 0.474 e. The quantitative estimate of drug-likeness (QED) is 0.930. The van der Waals surface area contributed by atoms with Crippen molar-refractivity contribution in [3.8, 4) is 17.1 Å². The standard InChI is InChI=1S/C11H6F3NO4/c12-11(13,14)19-7-3-1-2-6(4-7)8-5-15-9(18-8)10(16)17/h1-5H,(H,16,17). The topological polar surface area (TPSA) is 72.6 Å². The molecule has 0 saturated heterocycles. The number of hydrogen-bond acceptors (Lipinski definition) is 4. The van der Waals surface area contributed by atoms with Crippen molar-refractivity contribution < 1.29 is 32.2 Å². The van der Waals surface area contributed by atoms with Crippen molar-refractivity contribution in [2.45, 2.75) is 6.36 Å². The Bertz CT molecular complexity index is 606. The van der Waals surface area contributed by atoms with E-state index in [0.717, 1.165) is 18.3 Å². The lowest BCUT2D eigenvalue weighted by Gasteiger charge is -2.09. The zero-order chi connectivity index (χ0) is 14.0. The number of halogens is 3. The number of rotatable bonds is 3. The van der Waals surface area contributed by atoms with Gasteiger partial charge < -0.3 is 14.3 Å². The Morgan fingerprint density at radius 2 is 2.11 bits per heavy atom. The van der Waals surface area contributed by atoms with Gasteiger partial charge in [-0.1, -0.05) is 12.1 Å². The highest BCUT2D eigenvalue weighted by atomic mass is 19.4. The molecular weight excluding hydrogens is 267 g/mol. The summed E-state index contributed by atoms with van der Waals surface area (Å²) in [5, 5.41) is 8.62. The molecule has 1 aromatic carbocycles. The second-order valence-electron chi connectivity index (χ2n) is 3.41. The van der Waals surface area contributed by atoms with Crippen LogP contribution >= 0.6 is 0 Å². The zero-order valence-electron chi connectivity index (χ0n) is 9.14. The van der Waals surface area contributed by atoms with Gasteiger partial charge in [0.05, 0.1) is 6.20 Å². The van der Waals surface area contributed by atoms with Crippen molar-refractivity contribution in [1.29, 1.82) is 0 Å². The van der Waals surface area contributed by atoms with Gasteiger partial charge in [-0.05, 0) is 12.1 Å². The fraction of sp³-hybridized carbons (Fsp3) is 0.0909. The average Bonchev–Trinajstić information content (AvgIpc) is 2.76. The first-order valence-corrected chi connectivity index (χ1v) is 4.90. The molecule has 1 heterocycles. The van der Waals surface area contributed by atoms with Crippen LogP contribution in [0.15, 0.2) is 34.9 Å². The number of alkyl halides is 3. The average molecular weight is 273 g/mol. The lowest BCUT2D eigenvalue weighted by Crippen LogP contribution is -2.17. The lowest BCUT2D eigenvalue weighted by molar-refractivity contribution is -0.274. The molecule has 0 bridgehead atoms. The Morgan fingerprint density at radius 1 is 1.37 bits per heavy atom. The number of carbonyl (C=O) groups is 1. The molecule has 5 nitrogen and oxygen atoms in total. The third kappa shape index (κ3) is 3.24. The Labute approximate surface area is 104 Å². The van der Waals surface area contributed by atoms with Crippen LogP contribution in [-0.4, -0.2) is 22.4 Å². The summed E-state index contributed by atoms with van der Waals surface area (Å²) in [6, 6.07) is 4.94. The van der Waals surface area contributed by atoms with E-state index in [4.69, 9.17) is 9.52 Å². The summed E-state index contributed by atoms with van der Waals surface area (Å²) < 4.78 is 44.8. The van der Waals surface area contributed by atoms with Gasteiger partial charge in [0.25, 0.3) is 0 Å². The molecule has 0 spiro atoms. The van der Waals surface area contributed by atoms with Gasteiger partial charge in [0.2, 0.25) is 0 Å². The summed E-state index contributed by atoms with van der Waals surface area (Å²) in [7, 11) is 0. The predicted molar refractivity (Wildman–Crippen MR) is 55.6 cm³/mol. The summed E-state index contributed by atoms with van der Waals surface area (Å²) in [4.78, 5) is 14.0. The molecule has 2 aromatic rings. The minimum absolute atomic E-state index is 0.0324. The maximum atomic E-state index is 12.0. The van der Waals surface area contributed by atoms with E-state index < -0.39 is 24.0 Å². The second-order valence-corrected chi connectivity index (χ2v) is 3.41. The van der Waals surface area contributed by atoms with Crippen LogP contribution in [0.2, 0.25) is 0 Å². The van der Waals surface area contributed by atoms with Gasteiger partial charge in [-0.15, -0.1) is 13.2 Å². The third-order valence-electron chi connectivity index (χ3n) is 2.04. The molecular formula is C11H6F3NO4. The van der Waals surface area contributed by atoms with Gasteiger partial charge in [-0.2, -0.15) is 0 Å². The van der Waals surface area contributed by atoms with Crippen molar-refractivity contribution in [2.24, 2.45) is 0 Å². The first-order chi connectivity index (χ1) is 8.85. The van der Waals surface area contributed by atoms with Crippen molar-refractivity contribution in [3.63, 3.8) is 0 Å². The highest BCUT2D eigenvalue weighted by Crippen LogP contribution is 2.28. The minimum Gasteiger partial charge on any atom is -0.474 e. The molecule has 0 radical (unpaired) electrons. The van der Waals surface area contributed by atoms with Crippen LogP contribution in [0, 0.1) is 0 Å². The van der Waals surface area contributed by atoms with Crippen LogP contribution < -0.4 is 4.74 Å². The lowest BCUT2D eigenvalue weighted by atomic mass is 10.2. The number of hydrogen-bond donors (Lipinski definition) is 1. The summed E-state index contributed by atoms with van der Waals surface area (Å²) in [6.45, 7) is 0. The number of nitrogens with zero attached hydrogens (tertiary/aromatic N) is 1. The number of ether oxygens (including phenoxy) is 1. The van der Waals surface area contributed by atoms with Crippen LogP contribution in [-0.2, 0) is 0 Å². The number of carboxylic acids is 1. The normalized spacial score (nSPS) is 11.3. The van der Waals surface area contributed by atoms with E-state index in [0.29, 0.717) is 0 Å². The summed E-state index contributed by atoms with van der Waals surface area (Å²) in [5.74, 6) is -2.31. The van der Waals surface area contributed by atoms with E-state index in [2.05, 4.69) is 9.72 Å². The Balaban J connectivity index is 2.29. The van der Waals surface area contributed by atoms with E-state index in [1.165, 1.54) is 12.1 Å². The summed E-state index contributed by atoms with van der Waals surface area (Å²) in [6.07, 6.45) is -3.69. The molecule has 0 aliphatic rings. The fourth-order valence-electron chi connectivity index (χ4n) is 1.35. The Morgan fingerprint density at radius 3 is 2.68 bits per heavy atom. The van der Waals surface area contributed by atoms with Crippen molar-refractivity contribution in [2.75, 3.05) is 0 Å². The molecule has 100 valence electrons. The van der Waals surface area contributed by atoms with Crippen LogP contribution in [0.1, 0.15) is 10.7 Å². The summed E-state index contributed by atoms with van der Waals surface area (Å²) >= 11 is 0. The molecule has 0 amide bonds. The summed E-state index contributed by atoms with van der Waals surface area (Å²) in [5.41, 5.74) is 0.224. The molecule has 0 aliphatic heterocycles. The number of carboxylic acid groups (broad SMARTS) is 1. The number of benzene rings is 1. The van der Waals surface area contributed by atoms with Gasteiger partial charge in [-0.25, -0.2) is 9.78 Å². The van der Waals surface area contributed by atoms with E-state index in [9.17, 15) is 18.0 Å². The molecule has 0 unspecified atom stereocenters. The first-order valence-electron chi connectivity index (χ1n) is 4.90. The Kier molecular flexibility index (Phi) is 3.16. The van der Waals surface area contributed by atoms with Crippen molar-refractivity contribution in [1.82, 2.24) is 4.98 Å². The van der Waals surface area contributed by atoms with Crippen LogP contribution in [0.25, 0.3) is 11.3 Å². The number of aromatic carboxylic acids is 1. The first kappa shape index (κ1) is 12.9. The SMILES string of the molecule is O=C(O)c1ncc(-c2cccc(OC(F)(F)F)c2)o1. The van der Waals surface area contributed by atoms with Gasteiger partial charge in [0.1, 0.15) is 5.75 Å². The molecule has 2 rings (SSSR count). The van der Waals surface area contributed by atoms with E-state index >= 15 is 0 Å². The van der Waals surface area contributed by atoms with Gasteiger partial charge in [-0.3, -0.25) is 0 Å². The fourth-order valence-corrected chi connectivity index (χ4v) is 1.35. The van der Waals surface area contributed by atoms with E-state index in [1.807, 2.05) is 0 Å². The van der Waals surface area contributed by atoms with Gasteiger partial charge >= 0.3 is 18.2 Å². The van der Waals surface area contributed by atoms with E-state index in [1.54, 1.807) is 0 Å². The highest BCUT2D eigenvalue weighted by molar-refractivity contribution is 5.82. The van der Waals surface area contributed by atoms with Gasteiger partial charge in [0.15, 0.2) is 5.76 Å². The minimum atomic E-state index is -4.80. The maximum absolute atomic E-state index is 12.0. The molecule has 0 aliphatic carbocycles. The Hall–Kier alpha value is -2.51. The molecule has 8 heteroatoms. The predicted octanol–water partition coefficient (Wildman–Crippen LogP) is 2.94. The van der Waals surface area contributed by atoms with Crippen LogP contribution in [0.3, 0.4) is 0 Å². The van der Waals surface area contributed by atoms with Crippen molar-refractivity contribution >= 4 is 5.97 Å². The highest BCUT2D eigenvalue weighted by Gasteiger charge is 2.31. The molecule has 1 N–H and O–H groups in total. The molecule has 19 heavy (non-hydrogen) atoms. The van der Waals surface area contributed by atoms with Crippen molar-refractivity contribution in [3.05, 3.63) is 36.4 Å². The third-order valence-corrected chi connectivity index (χ3v) is 2.04. The zero-order valence-corrected chi connectivity index (χ0v) is 9.14. The second kappa shape index (κ2) is 4.63. The molecule has 0 fully saturated rings. The number of oxazole rings is 1. The largest absolute Gasteiger partial charge is 0.573 e. The van der Waals surface area contributed by atoms with Gasteiger partial charge in [0, 0.05) is 5.56 Å². The van der Waals surface area contributed by atoms with Crippen LogP contribution in [0.5, 0.6) is 5.75 Å².